The van der Waals surface area contributed by atoms with Crippen LogP contribution in [0.4, 0.5) is 0 Å². The number of ether oxygens (including phenoxy) is 2. The van der Waals surface area contributed by atoms with Crippen LogP contribution in [0.3, 0.4) is 0 Å². The van der Waals surface area contributed by atoms with E-state index in [0.29, 0.717) is 50.1 Å². The molecule has 1 unspecified atom stereocenters. The van der Waals surface area contributed by atoms with Crippen molar-refractivity contribution in [2.45, 2.75) is 46.1 Å². The molecule has 0 spiro atoms. The Balaban J connectivity index is 1.73. The first-order valence-electron chi connectivity index (χ1n) is 13.2. The average Bonchev–Trinajstić information content (AvgIpc) is 3.16. The van der Waals surface area contributed by atoms with Gasteiger partial charge in [-0.2, -0.15) is 0 Å². The zero-order valence-electron chi connectivity index (χ0n) is 22.3. The zero-order chi connectivity index (χ0) is 26.5. The molecule has 1 N–H and O–H groups in total. The molecule has 2 heterocycles. The summed E-state index contributed by atoms with van der Waals surface area (Å²) >= 11 is 0. The highest BCUT2D eigenvalue weighted by molar-refractivity contribution is 6.46. The Hall–Kier alpha value is -3.16. The van der Waals surface area contributed by atoms with Gasteiger partial charge in [0.2, 0.25) is 0 Å². The lowest BCUT2D eigenvalue weighted by atomic mass is 9.92. The number of morpholine rings is 1. The summed E-state index contributed by atoms with van der Waals surface area (Å²) in [5.41, 5.74) is 3.42. The Bertz CT molecular complexity index is 1150. The van der Waals surface area contributed by atoms with E-state index in [1.165, 1.54) is 5.56 Å². The number of ketones is 1. The molecule has 2 aliphatic heterocycles. The van der Waals surface area contributed by atoms with Crippen molar-refractivity contribution in [3.8, 4) is 5.75 Å². The summed E-state index contributed by atoms with van der Waals surface area (Å²) in [6.07, 6.45) is 0.893. The summed E-state index contributed by atoms with van der Waals surface area (Å²) in [6, 6.07) is 12.8. The molecule has 0 radical (unpaired) electrons. The van der Waals surface area contributed by atoms with Gasteiger partial charge in [-0.15, -0.1) is 0 Å². The van der Waals surface area contributed by atoms with E-state index in [2.05, 4.69) is 18.7 Å². The topological polar surface area (TPSA) is 79.3 Å². The van der Waals surface area contributed by atoms with Crippen LogP contribution in [0.5, 0.6) is 5.75 Å². The molecule has 2 aliphatic rings. The van der Waals surface area contributed by atoms with Gasteiger partial charge in [-0.25, -0.2) is 0 Å². The van der Waals surface area contributed by atoms with Crippen LogP contribution in [0.1, 0.15) is 61.4 Å². The van der Waals surface area contributed by atoms with Crippen LogP contribution in [0.15, 0.2) is 48.0 Å². The fraction of sp³-hybridized carbons (Fsp3) is 0.467. The first-order valence-corrected chi connectivity index (χ1v) is 13.2. The second kappa shape index (κ2) is 11.9. The molecule has 2 saturated heterocycles. The highest BCUT2D eigenvalue weighted by Gasteiger charge is 2.46. The van der Waals surface area contributed by atoms with Gasteiger partial charge in [0.05, 0.1) is 31.4 Å². The molecule has 2 aromatic rings. The first-order chi connectivity index (χ1) is 17.8. The van der Waals surface area contributed by atoms with Crippen molar-refractivity contribution in [1.82, 2.24) is 9.80 Å². The van der Waals surface area contributed by atoms with Crippen LogP contribution in [0, 0.1) is 6.92 Å². The lowest BCUT2D eigenvalue weighted by Gasteiger charge is -2.31. The molecule has 4 rings (SSSR count). The maximum Gasteiger partial charge on any atom is 0.295 e. The highest BCUT2D eigenvalue weighted by atomic mass is 16.5. The number of aryl methyl sites for hydroxylation is 1. The molecule has 2 fully saturated rings. The second-order valence-corrected chi connectivity index (χ2v) is 10.1. The zero-order valence-corrected chi connectivity index (χ0v) is 22.3. The molecule has 0 saturated carbocycles. The number of carbonyl (C=O) groups is 2. The van der Waals surface area contributed by atoms with E-state index in [1.807, 2.05) is 44.2 Å². The lowest BCUT2D eigenvalue weighted by molar-refractivity contribution is -0.140. The predicted octanol–water partition coefficient (Wildman–Crippen LogP) is 4.66. The van der Waals surface area contributed by atoms with E-state index in [-0.39, 0.29) is 11.3 Å². The van der Waals surface area contributed by atoms with Crippen LogP contribution >= 0.6 is 0 Å². The van der Waals surface area contributed by atoms with Gasteiger partial charge in [0.1, 0.15) is 11.5 Å². The summed E-state index contributed by atoms with van der Waals surface area (Å²) in [5.74, 6) is -0.304. The van der Waals surface area contributed by atoms with E-state index in [1.54, 1.807) is 17.0 Å². The molecule has 7 heteroatoms. The third kappa shape index (κ3) is 5.89. The minimum absolute atomic E-state index is 0.134. The molecule has 1 atom stereocenters. The fourth-order valence-corrected chi connectivity index (χ4v) is 4.95. The third-order valence-electron chi connectivity index (χ3n) is 7.15. The predicted molar refractivity (Wildman–Crippen MR) is 144 cm³/mol. The smallest absolute Gasteiger partial charge is 0.295 e. The molecule has 0 aliphatic carbocycles. The van der Waals surface area contributed by atoms with E-state index in [4.69, 9.17) is 9.47 Å². The average molecular weight is 507 g/mol. The summed E-state index contributed by atoms with van der Waals surface area (Å²) in [7, 11) is 0. The van der Waals surface area contributed by atoms with Crippen molar-refractivity contribution in [2.75, 3.05) is 46.0 Å². The van der Waals surface area contributed by atoms with Crippen LogP contribution < -0.4 is 4.74 Å². The van der Waals surface area contributed by atoms with E-state index in [0.717, 1.165) is 30.6 Å². The van der Waals surface area contributed by atoms with Gasteiger partial charge in [-0.1, -0.05) is 45.0 Å². The first kappa shape index (κ1) is 26.9. The minimum atomic E-state index is -0.655. The Morgan fingerprint density at radius 3 is 2.41 bits per heavy atom. The molecule has 0 aromatic heterocycles. The van der Waals surface area contributed by atoms with E-state index < -0.39 is 17.7 Å². The summed E-state index contributed by atoms with van der Waals surface area (Å²) < 4.78 is 11.2. The standard InChI is InChI=1S/C30H38N2O5/c1-5-16-37-24-10-11-25(21(4)19-24)28(33)26-27(23-8-6-22(7-9-23)20(2)3)32(30(35)29(26)34)13-12-31-14-17-36-18-15-31/h6-11,19-20,27,33H,5,12-18H2,1-4H3/b28-26-. The number of benzene rings is 2. The molecule has 198 valence electrons. The molecular weight excluding hydrogens is 468 g/mol. The van der Waals surface area contributed by atoms with Gasteiger partial charge in [-0.3, -0.25) is 14.5 Å². The maximum absolute atomic E-state index is 13.4. The normalized spacial score (nSPS) is 20.1. The minimum Gasteiger partial charge on any atom is -0.507 e. The Labute approximate surface area is 219 Å². The quantitative estimate of drug-likeness (QED) is 0.303. The van der Waals surface area contributed by atoms with Crippen molar-refractivity contribution < 1.29 is 24.2 Å². The number of nitrogens with zero attached hydrogens (tertiary/aromatic N) is 2. The Morgan fingerprint density at radius 1 is 1.08 bits per heavy atom. The molecule has 7 nitrogen and oxygen atoms in total. The van der Waals surface area contributed by atoms with Crippen molar-refractivity contribution in [2.24, 2.45) is 0 Å². The van der Waals surface area contributed by atoms with Crippen molar-refractivity contribution in [3.05, 3.63) is 70.3 Å². The molecule has 2 aromatic carbocycles. The molecule has 1 amide bonds. The second-order valence-electron chi connectivity index (χ2n) is 10.1. The third-order valence-corrected chi connectivity index (χ3v) is 7.15. The van der Waals surface area contributed by atoms with Gasteiger partial charge >= 0.3 is 0 Å². The maximum atomic E-state index is 13.4. The van der Waals surface area contributed by atoms with Crippen LogP contribution in [-0.4, -0.2) is 72.6 Å². The SMILES string of the molecule is CCCOc1ccc(/C(O)=C2/C(=O)C(=O)N(CCN3CCOCC3)C2c2ccc(C(C)C)cc2)c(C)c1. The van der Waals surface area contributed by atoms with E-state index in [9.17, 15) is 14.7 Å². The lowest BCUT2D eigenvalue weighted by Crippen LogP contribution is -2.42. The number of Topliss-reactive ketones (excluding diaryl/α,β-unsaturated/α-hetero) is 1. The Morgan fingerprint density at radius 2 is 1.78 bits per heavy atom. The number of hydrogen-bond acceptors (Lipinski definition) is 6. The number of aliphatic hydroxyl groups excluding tert-OH is 1. The molecule has 37 heavy (non-hydrogen) atoms. The van der Waals surface area contributed by atoms with Crippen molar-refractivity contribution >= 4 is 17.4 Å². The summed E-state index contributed by atoms with van der Waals surface area (Å²) in [5, 5.41) is 11.5. The van der Waals surface area contributed by atoms with E-state index >= 15 is 0 Å². The van der Waals surface area contributed by atoms with Gasteiger partial charge < -0.3 is 19.5 Å². The number of carbonyl (C=O) groups excluding carboxylic acids is 2. The fourth-order valence-electron chi connectivity index (χ4n) is 4.95. The van der Waals surface area contributed by atoms with Gasteiger partial charge in [0, 0.05) is 31.7 Å². The number of rotatable bonds is 9. The summed E-state index contributed by atoms with van der Waals surface area (Å²) in [6.45, 7) is 12.7. The number of aliphatic hydroxyl groups is 1. The highest BCUT2D eigenvalue weighted by Crippen LogP contribution is 2.40. The number of likely N-dealkylation sites (tertiary alicyclic amines) is 1. The largest absolute Gasteiger partial charge is 0.507 e. The number of hydrogen-bond donors (Lipinski definition) is 1. The van der Waals surface area contributed by atoms with Gasteiger partial charge in [0.25, 0.3) is 11.7 Å². The molecule has 0 bridgehead atoms. The van der Waals surface area contributed by atoms with Gasteiger partial charge in [-0.05, 0) is 54.2 Å². The van der Waals surface area contributed by atoms with Crippen molar-refractivity contribution in [1.29, 1.82) is 0 Å². The van der Waals surface area contributed by atoms with Crippen LogP contribution in [0.2, 0.25) is 0 Å². The molecular formula is C30H38N2O5. The van der Waals surface area contributed by atoms with Crippen LogP contribution in [0.25, 0.3) is 5.76 Å². The van der Waals surface area contributed by atoms with Crippen LogP contribution in [-0.2, 0) is 14.3 Å². The van der Waals surface area contributed by atoms with Gasteiger partial charge in [0.15, 0.2) is 0 Å². The number of amides is 1. The monoisotopic (exact) mass is 506 g/mol. The Kier molecular flexibility index (Phi) is 8.67. The summed E-state index contributed by atoms with van der Waals surface area (Å²) in [4.78, 5) is 30.6. The van der Waals surface area contributed by atoms with Crippen molar-refractivity contribution in [3.63, 3.8) is 0 Å².